The number of benzene rings is 4. The van der Waals surface area contributed by atoms with Crippen molar-refractivity contribution in [2.24, 2.45) is 0 Å². The van der Waals surface area contributed by atoms with Gasteiger partial charge in [0.15, 0.2) is 0 Å². The number of carbonyl (C=O) groups excluding carboxylic acids is 1. The van der Waals surface area contributed by atoms with Gasteiger partial charge in [-0.3, -0.25) is 9.59 Å². The van der Waals surface area contributed by atoms with Gasteiger partial charge in [0.25, 0.3) is 5.91 Å². The van der Waals surface area contributed by atoms with Crippen LogP contribution in [0.3, 0.4) is 0 Å². The van der Waals surface area contributed by atoms with E-state index in [2.05, 4.69) is 16.1 Å². The molecule has 4 aromatic rings. The van der Waals surface area contributed by atoms with Gasteiger partial charge < -0.3 is 15.2 Å². The predicted molar refractivity (Wildman–Crippen MR) is 147 cm³/mol. The number of carboxylic acids is 1. The Labute approximate surface area is 234 Å². The van der Waals surface area contributed by atoms with E-state index >= 15 is 0 Å². The minimum absolute atomic E-state index is 0.0494. The Morgan fingerprint density at radius 1 is 0.829 bits per heavy atom. The predicted octanol–water partition coefficient (Wildman–Crippen LogP) is 6.78. The van der Waals surface area contributed by atoms with Crippen molar-refractivity contribution in [2.75, 3.05) is 6.54 Å². The van der Waals surface area contributed by atoms with Crippen molar-refractivity contribution in [3.8, 4) is 34.1 Å². The van der Waals surface area contributed by atoms with E-state index in [1.165, 1.54) is 12.1 Å². The summed E-state index contributed by atoms with van der Waals surface area (Å²) in [6.45, 7) is 0.0494. The Balaban J connectivity index is 1.47. The van der Waals surface area contributed by atoms with Crippen molar-refractivity contribution in [3.63, 3.8) is 0 Å². The SMILES string of the molecule is N#Cc1cccc(-c2ccc(-c3ccc(OC(F)(F)F)cc3)cc2)c1CCc1ccc(C(=O)NCCC(=O)O)cc1. The van der Waals surface area contributed by atoms with Crippen molar-refractivity contribution in [1.82, 2.24) is 5.32 Å². The van der Waals surface area contributed by atoms with E-state index in [0.717, 1.165) is 33.4 Å². The van der Waals surface area contributed by atoms with Gasteiger partial charge in [0.05, 0.1) is 18.1 Å². The zero-order valence-electron chi connectivity index (χ0n) is 21.7. The molecule has 0 spiro atoms. The number of aryl methyl sites for hydroxylation is 1. The molecule has 0 atom stereocenters. The van der Waals surface area contributed by atoms with Gasteiger partial charge in [-0.15, -0.1) is 13.2 Å². The highest BCUT2D eigenvalue weighted by Crippen LogP contribution is 2.31. The molecule has 208 valence electrons. The summed E-state index contributed by atoms with van der Waals surface area (Å²) in [7, 11) is 0. The lowest BCUT2D eigenvalue weighted by Gasteiger charge is -2.13. The van der Waals surface area contributed by atoms with Gasteiger partial charge in [-0.1, -0.05) is 60.7 Å². The van der Waals surface area contributed by atoms with Gasteiger partial charge in [0.1, 0.15) is 5.75 Å². The van der Waals surface area contributed by atoms with Crippen LogP contribution in [0.1, 0.15) is 33.5 Å². The fourth-order valence-corrected chi connectivity index (χ4v) is 4.40. The molecule has 0 unspecified atom stereocenters. The van der Waals surface area contributed by atoms with Crippen LogP contribution in [-0.4, -0.2) is 29.9 Å². The number of carboxylic acid groups (broad SMARTS) is 1. The van der Waals surface area contributed by atoms with Gasteiger partial charge in [-0.05, 0) is 76.6 Å². The quantitative estimate of drug-likeness (QED) is 0.224. The highest BCUT2D eigenvalue weighted by atomic mass is 19.4. The monoisotopic (exact) mass is 558 g/mol. The van der Waals surface area contributed by atoms with Gasteiger partial charge >= 0.3 is 12.3 Å². The van der Waals surface area contributed by atoms with Crippen molar-refractivity contribution in [1.29, 1.82) is 5.26 Å². The van der Waals surface area contributed by atoms with Crippen LogP contribution >= 0.6 is 0 Å². The number of aliphatic carboxylic acids is 1. The number of amides is 1. The summed E-state index contributed by atoms with van der Waals surface area (Å²) in [5.41, 5.74) is 6.19. The third kappa shape index (κ3) is 7.96. The number of hydrogen-bond acceptors (Lipinski definition) is 4. The van der Waals surface area contributed by atoms with Crippen LogP contribution < -0.4 is 10.1 Å². The molecule has 0 bridgehead atoms. The molecule has 41 heavy (non-hydrogen) atoms. The number of hydrogen-bond donors (Lipinski definition) is 2. The Kier molecular flexibility index (Phi) is 9.05. The third-order valence-corrected chi connectivity index (χ3v) is 6.42. The van der Waals surface area contributed by atoms with E-state index in [4.69, 9.17) is 5.11 Å². The van der Waals surface area contributed by atoms with Crippen LogP contribution in [0.25, 0.3) is 22.3 Å². The highest BCUT2D eigenvalue weighted by molar-refractivity contribution is 5.94. The molecule has 0 heterocycles. The standard InChI is InChI=1S/C32H25F3N2O4/c33-32(34,35)41-27-15-13-23(14-16-27)22-9-11-24(12-10-22)28-3-1-2-26(20-36)29(28)17-6-21-4-7-25(8-5-21)31(40)37-19-18-30(38)39/h1-5,7-16H,6,17-19H2,(H,37,40)(H,38,39). The zero-order valence-corrected chi connectivity index (χ0v) is 21.7. The Morgan fingerprint density at radius 2 is 1.44 bits per heavy atom. The molecule has 0 aliphatic carbocycles. The number of rotatable bonds is 10. The molecule has 1 amide bonds. The molecule has 2 N–H and O–H groups in total. The molecule has 0 fully saturated rings. The zero-order chi connectivity index (χ0) is 29.4. The van der Waals surface area contributed by atoms with Gasteiger partial charge in [-0.2, -0.15) is 5.26 Å². The number of ether oxygens (including phenoxy) is 1. The summed E-state index contributed by atoms with van der Waals surface area (Å²) in [4.78, 5) is 22.8. The molecule has 4 aromatic carbocycles. The summed E-state index contributed by atoms with van der Waals surface area (Å²) in [5.74, 6) is -1.62. The fraction of sp³-hybridized carbons (Fsp3) is 0.156. The maximum Gasteiger partial charge on any atom is 0.573 e. The van der Waals surface area contributed by atoms with Crippen molar-refractivity contribution in [3.05, 3.63) is 113 Å². The van der Waals surface area contributed by atoms with E-state index in [1.807, 2.05) is 48.5 Å². The Hall–Kier alpha value is -5.10. The van der Waals surface area contributed by atoms with E-state index in [0.29, 0.717) is 24.0 Å². The molecule has 0 aliphatic rings. The molecular weight excluding hydrogens is 533 g/mol. The lowest BCUT2D eigenvalue weighted by molar-refractivity contribution is -0.274. The lowest BCUT2D eigenvalue weighted by atomic mass is 9.90. The van der Waals surface area contributed by atoms with E-state index in [9.17, 15) is 28.0 Å². The number of alkyl halides is 3. The van der Waals surface area contributed by atoms with Crippen LogP contribution in [0.15, 0.2) is 91.0 Å². The minimum atomic E-state index is -4.75. The first-order chi connectivity index (χ1) is 19.6. The Bertz CT molecular complexity index is 1560. The largest absolute Gasteiger partial charge is 0.573 e. The summed E-state index contributed by atoms with van der Waals surface area (Å²) < 4.78 is 41.3. The van der Waals surface area contributed by atoms with Crippen molar-refractivity contribution < 1.29 is 32.6 Å². The first-order valence-corrected chi connectivity index (χ1v) is 12.7. The summed E-state index contributed by atoms with van der Waals surface area (Å²) in [6, 6.07) is 28.0. The normalized spacial score (nSPS) is 11.0. The van der Waals surface area contributed by atoms with Gasteiger partial charge in [-0.25, -0.2) is 0 Å². The van der Waals surface area contributed by atoms with Gasteiger partial charge in [0, 0.05) is 12.1 Å². The van der Waals surface area contributed by atoms with E-state index in [-0.39, 0.29) is 24.6 Å². The van der Waals surface area contributed by atoms with Crippen LogP contribution in [-0.2, 0) is 17.6 Å². The fourth-order valence-electron chi connectivity index (χ4n) is 4.40. The average Bonchev–Trinajstić information content (AvgIpc) is 2.95. The maximum atomic E-state index is 12.4. The number of carbonyl (C=O) groups is 2. The maximum absolute atomic E-state index is 12.4. The number of halogens is 3. The summed E-state index contributed by atoms with van der Waals surface area (Å²) in [6.07, 6.45) is -3.70. The van der Waals surface area contributed by atoms with Crippen LogP contribution in [0.4, 0.5) is 13.2 Å². The molecule has 0 aromatic heterocycles. The molecule has 0 radical (unpaired) electrons. The van der Waals surface area contributed by atoms with Crippen LogP contribution in [0.5, 0.6) is 5.75 Å². The second kappa shape index (κ2) is 12.8. The minimum Gasteiger partial charge on any atom is -0.481 e. The number of nitrogens with one attached hydrogen (secondary N) is 1. The first kappa shape index (κ1) is 28.9. The second-order valence-corrected chi connectivity index (χ2v) is 9.19. The van der Waals surface area contributed by atoms with Gasteiger partial charge in [0.2, 0.25) is 0 Å². The lowest BCUT2D eigenvalue weighted by Crippen LogP contribution is -2.25. The molecule has 0 saturated heterocycles. The van der Waals surface area contributed by atoms with Crippen LogP contribution in [0.2, 0.25) is 0 Å². The molecule has 0 aliphatic heterocycles. The molecule has 4 rings (SSSR count). The molecule has 6 nitrogen and oxygen atoms in total. The smallest absolute Gasteiger partial charge is 0.481 e. The van der Waals surface area contributed by atoms with Crippen LogP contribution in [0, 0.1) is 11.3 Å². The van der Waals surface area contributed by atoms with E-state index in [1.54, 1.807) is 30.3 Å². The summed E-state index contributed by atoms with van der Waals surface area (Å²) >= 11 is 0. The Morgan fingerprint density at radius 3 is 2.02 bits per heavy atom. The molecule has 0 saturated carbocycles. The molecule has 9 heteroatoms. The molecular formula is C32H25F3N2O4. The van der Waals surface area contributed by atoms with E-state index < -0.39 is 12.3 Å². The second-order valence-electron chi connectivity index (χ2n) is 9.19. The van der Waals surface area contributed by atoms with Crippen molar-refractivity contribution >= 4 is 11.9 Å². The number of nitriles is 1. The van der Waals surface area contributed by atoms with Crippen molar-refractivity contribution in [2.45, 2.75) is 25.6 Å². The topological polar surface area (TPSA) is 99.4 Å². The third-order valence-electron chi connectivity index (χ3n) is 6.42. The first-order valence-electron chi connectivity index (χ1n) is 12.7. The average molecular weight is 559 g/mol. The highest BCUT2D eigenvalue weighted by Gasteiger charge is 2.31. The number of nitrogens with zero attached hydrogens (tertiary/aromatic N) is 1. The summed E-state index contributed by atoms with van der Waals surface area (Å²) in [5, 5.41) is 21.0.